The van der Waals surface area contributed by atoms with Crippen LogP contribution in [0, 0.1) is 0 Å². The fourth-order valence-electron chi connectivity index (χ4n) is 7.97. The van der Waals surface area contributed by atoms with Crippen LogP contribution < -0.4 is 0 Å². The Morgan fingerprint density at radius 3 is 1.42 bits per heavy atom. The Morgan fingerprint density at radius 2 is 1.04 bits per heavy atom. The molecule has 0 aromatic heterocycles. The van der Waals surface area contributed by atoms with Gasteiger partial charge in [0.25, 0.3) is 0 Å². The van der Waals surface area contributed by atoms with Crippen molar-refractivity contribution in [3.05, 3.63) is 59.7 Å². The second kappa shape index (κ2) is 22.0. The molecule has 0 N–H and O–H groups in total. The zero-order valence-corrected chi connectivity index (χ0v) is 39.6. The SMILES string of the molecule is CC(C)[Si](Sc1ccccc1CCCCN(C)C(=O)OC(C)(C)C)(C(C)C)C(C)C.COC(=O)Cc1ccccc1S[Si](C(C)C)(C(C)C)C(C)C. The van der Waals surface area contributed by atoms with E-state index in [4.69, 9.17) is 9.47 Å². The summed E-state index contributed by atoms with van der Waals surface area (Å²) < 4.78 is 10.3. The molecule has 0 fully saturated rings. The average Bonchev–Trinajstić information content (AvgIpc) is 3.03. The summed E-state index contributed by atoms with van der Waals surface area (Å²) in [5.74, 6) is -0.168. The number of nitrogens with zero attached hydrogens (tertiary/aromatic N) is 1. The lowest BCUT2D eigenvalue weighted by Crippen LogP contribution is -2.41. The third-order valence-electron chi connectivity index (χ3n) is 10.4. The van der Waals surface area contributed by atoms with Gasteiger partial charge in [0.2, 0.25) is 0 Å². The molecule has 296 valence electrons. The molecule has 0 atom stereocenters. The number of rotatable bonds is 17. The third-order valence-corrected chi connectivity index (χ3v) is 35.1. The van der Waals surface area contributed by atoms with Crippen molar-refractivity contribution < 1.29 is 19.1 Å². The molecule has 2 rings (SSSR count). The number of carbonyl (C=O) groups is 2. The molecule has 0 spiro atoms. The number of ether oxygens (including phenoxy) is 2. The van der Waals surface area contributed by atoms with Crippen LogP contribution in [-0.2, 0) is 27.1 Å². The Hall–Kier alpha value is -1.69. The third kappa shape index (κ3) is 13.9. The minimum absolute atomic E-state index is 0.168. The number of carbonyl (C=O) groups excluding carboxylic acids is 2. The van der Waals surface area contributed by atoms with Crippen molar-refractivity contribution in [3.8, 4) is 0 Å². The Bertz CT molecular complexity index is 1330. The first-order chi connectivity index (χ1) is 24.1. The standard InChI is InChI=1S/C25H45NO2SSi.C18H30O2SSi/c1-19(2)30(20(3)4,21(5)6)29-23-17-12-11-15-22(23)16-13-14-18-26(10)24(27)28-25(7,8)9;1-13(2)22(14(3)4,15(5)6)21-17-11-9-8-10-16(17)12-18(19)20-7/h11-12,15,17,19-21H,13-14,16,18H2,1-10H3;8-11,13-15H,12H2,1-7H3. The summed E-state index contributed by atoms with van der Waals surface area (Å²) in [4.78, 5) is 28.2. The lowest BCUT2D eigenvalue weighted by Gasteiger charge is -2.42. The van der Waals surface area contributed by atoms with Crippen LogP contribution in [0.4, 0.5) is 4.79 Å². The van der Waals surface area contributed by atoms with E-state index in [1.807, 2.05) is 33.9 Å². The predicted octanol–water partition coefficient (Wildman–Crippen LogP) is 13.8. The first kappa shape index (κ1) is 48.3. The second-order valence-corrected chi connectivity index (χ2v) is 34.3. The van der Waals surface area contributed by atoms with Gasteiger partial charge in [-0.2, -0.15) is 0 Å². The van der Waals surface area contributed by atoms with Crippen molar-refractivity contribution >= 4 is 48.9 Å². The summed E-state index contributed by atoms with van der Waals surface area (Å²) in [5.41, 5.74) is 6.37. The van der Waals surface area contributed by atoms with Gasteiger partial charge in [-0.3, -0.25) is 4.79 Å². The van der Waals surface area contributed by atoms with Crippen LogP contribution in [0.15, 0.2) is 58.3 Å². The van der Waals surface area contributed by atoms with Gasteiger partial charge in [0.1, 0.15) is 20.0 Å². The quantitative estimate of drug-likeness (QED) is 0.0904. The number of amides is 1. The van der Waals surface area contributed by atoms with Crippen LogP contribution in [0.1, 0.15) is 128 Å². The van der Waals surface area contributed by atoms with Crippen LogP contribution >= 0.6 is 22.4 Å². The number of hydrogen-bond acceptors (Lipinski definition) is 6. The molecule has 0 aliphatic carbocycles. The van der Waals surface area contributed by atoms with E-state index in [-0.39, 0.29) is 12.1 Å². The molecule has 0 aliphatic heterocycles. The van der Waals surface area contributed by atoms with Gasteiger partial charge in [-0.25, -0.2) is 4.79 Å². The van der Waals surface area contributed by atoms with Crippen molar-refractivity contribution in [2.24, 2.45) is 0 Å². The molecule has 0 saturated carbocycles. The highest BCUT2D eigenvalue weighted by Gasteiger charge is 2.45. The Morgan fingerprint density at radius 1 is 0.654 bits per heavy atom. The van der Waals surface area contributed by atoms with Crippen LogP contribution in [0.25, 0.3) is 0 Å². The molecule has 2 aromatic rings. The summed E-state index contributed by atoms with van der Waals surface area (Å²) in [7, 11) is 0.125. The zero-order chi connectivity index (χ0) is 40.0. The first-order valence-electron chi connectivity index (χ1n) is 19.6. The van der Waals surface area contributed by atoms with Crippen molar-refractivity contribution in [1.29, 1.82) is 0 Å². The van der Waals surface area contributed by atoms with Gasteiger partial charge in [-0.1, -0.05) is 119 Å². The summed E-state index contributed by atoms with van der Waals surface area (Å²) in [5, 5.41) is 0. The summed E-state index contributed by atoms with van der Waals surface area (Å²) in [6.45, 7) is 35.2. The molecule has 52 heavy (non-hydrogen) atoms. The fraction of sp³-hybridized carbons (Fsp3) is 0.674. The maximum absolute atomic E-state index is 12.1. The monoisotopic (exact) mass is 789 g/mol. The van der Waals surface area contributed by atoms with E-state index in [9.17, 15) is 9.59 Å². The molecule has 1 amide bonds. The lowest BCUT2D eigenvalue weighted by atomic mass is 10.1. The van der Waals surface area contributed by atoms with Gasteiger partial charge in [0.05, 0.1) is 13.5 Å². The van der Waals surface area contributed by atoms with E-state index in [2.05, 4.69) is 148 Å². The first-order valence-corrected chi connectivity index (χ1v) is 27.2. The molecular formula is C43H75NO4S2Si2. The average molecular weight is 790 g/mol. The van der Waals surface area contributed by atoms with Crippen LogP contribution in [0.5, 0.6) is 0 Å². The number of hydrogen-bond donors (Lipinski definition) is 0. The van der Waals surface area contributed by atoms with Crippen molar-refractivity contribution in [2.75, 3.05) is 20.7 Å². The number of benzene rings is 2. The van der Waals surface area contributed by atoms with Crippen LogP contribution in [-0.4, -0.2) is 57.7 Å². The van der Waals surface area contributed by atoms with Crippen LogP contribution in [0.2, 0.25) is 33.2 Å². The van der Waals surface area contributed by atoms with Gasteiger partial charge in [0, 0.05) is 23.4 Å². The van der Waals surface area contributed by atoms with Gasteiger partial charge in [0.15, 0.2) is 0 Å². The Balaban J connectivity index is 0.000000545. The van der Waals surface area contributed by atoms with Gasteiger partial charge >= 0.3 is 12.1 Å². The van der Waals surface area contributed by atoms with E-state index in [1.165, 1.54) is 22.5 Å². The number of aryl methyl sites for hydroxylation is 1. The minimum atomic E-state index is -1.60. The zero-order valence-electron chi connectivity index (χ0n) is 36.0. The normalized spacial score (nSPS) is 12.5. The Labute approximate surface area is 329 Å². The van der Waals surface area contributed by atoms with Gasteiger partial charge in [-0.15, -0.1) is 22.4 Å². The summed E-state index contributed by atoms with van der Waals surface area (Å²) >= 11 is 4.29. The molecule has 0 bridgehead atoms. The summed E-state index contributed by atoms with van der Waals surface area (Å²) in [6, 6.07) is 17.3. The number of esters is 1. The van der Waals surface area contributed by atoms with Gasteiger partial charge in [-0.05, 0) is 96.5 Å². The van der Waals surface area contributed by atoms with E-state index in [0.717, 1.165) is 48.0 Å². The predicted molar refractivity (Wildman–Crippen MR) is 234 cm³/mol. The maximum atomic E-state index is 12.1. The minimum Gasteiger partial charge on any atom is -0.469 e. The highest BCUT2D eigenvalue weighted by Crippen LogP contribution is 2.53. The molecule has 5 nitrogen and oxygen atoms in total. The lowest BCUT2D eigenvalue weighted by molar-refractivity contribution is -0.139. The molecule has 0 radical (unpaired) electrons. The van der Waals surface area contributed by atoms with Crippen molar-refractivity contribution in [1.82, 2.24) is 4.90 Å². The highest BCUT2D eigenvalue weighted by atomic mass is 32.4. The van der Waals surface area contributed by atoms with Gasteiger partial charge < -0.3 is 14.4 Å². The molecule has 0 aliphatic rings. The van der Waals surface area contributed by atoms with E-state index in [1.54, 1.807) is 4.90 Å². The molecule has 0 unspecified atom stereocenters. The topological polar surface area (TPSA) is 55.8 Å². The largest absolute Gasteiger partial charge is 0.469 e. The molecule has 0 heterocycles. The van der Waals surface area contributed by atoms with E-state index < -0.39 is 20.0 Å². The van der Waals surface area contributed by atoms with Crippen molar-refractivity contribution in [3.63, 3.8) is 0 Å². The maximum Gasteiger partial charge on any atom is 0.410 e. The van der Waals surface area contributed by atoms with E-state index in [0.29, 0.717) is 23.0 Å². The van der Waals surface area contributed by atoms with Crippen molar-refractivity contribution in [2.45, 2.75) is 178 Å². The molecule has 2 aromatic carbocycles. The van der Waals surface area contributed by atoms with E-state index >= 15 is 0 Å². The molecule has 0 saturated heterocycles. The summed E-state index contributed by atoms with van der Waals surface area (Å²) in [6.07, 6.45) is 3.24. The molecule has 9 heteroatoms. The number of unbranched alkanes of at least 4 members (excludes halogenated alkanes) is 1. The Kier molecular flexibility index (Phi) is 20.5. The van der Waals surface area contributed by atoms with Crippen LogP contribution in [0.3, 0.4) is 0 Å². The number of methoxy groups -OCH3 is 1. The highest BCUT2D eigenvalue weighted by molar-refractivity contribution is 8.29. The fourth-order valence-corrected chi connectivity index (χ4v) is 26.7. The second-order valence-electron chi connectivity index (χ2n) is 17.2. The smallest absolute Gasteiger partial charge is 0.410 e. The molecular weight excluding hydrogens is 715 g/mol.